The minimum atomic E-state index is -0.317. The Balaban J connectivity index is 2.27. The molecule has 160 valence electrons. The fourth-order valence-electron chi connectivity index (χ4n) is 2.29. The van der Waals surface area contributed by atoms with Crippen molar-refractivity contribution >= 4 is 5.97 Å². The maximum atomic E-state index is 11.8. The van der Waals surface area contributed by atoms with Gasteiger partial charge in [0.1, 0.15) is 12.7 Å². The van der Waals surface area contributed by atoms with E-state index >= 15 is 0 Å². The Morgan fingerprint density at radius 3 is 1.85 bits per heavy atom. The van der Waals surface area contributed by atoms with Crippen molar-refractivity contribution in [1.29, 1.82) is 0 Å². The zero-order valence-electron chi connectivity index (χ0n) is 16.7. The molecule has 8 nitrogen and oxygen atoms in total. The summed E-state index contributed by atoms with van der Waals surface area (Å²) in [6.45, 7) is 7.54. The van der Waals surface area contributed by atoms with E-state index in [0.717, 1.165) is 19.3 Å². The first-order valence-electron chi connectivity index (χ1n) is 9.99. The fourth-order valence-corrected chi connectivity index (χ4v) is 2.29. The van der Waals surface area contributed by atoms with Gasteiger partial charge >= 0.3 is 5.97 Å². The summed E-state index contributed by atoms with van der Waals surface area (Å²) < 4.78 is 38.3. The molecule has 0 aromatic rings. The molecule has 1 aliphatic heterocycles. The second kappa shape index (κ2) is 18.6. The van der Waals surface area contributed by atoms with E-state index in [4.69, 9.17) is 33.2 Å². The number of hydrogen-bond donors (Lipinski definition) is 0. The van der Waals surface area contributed by atoms with Crippen LogP contribution in [-0.2, 0) is 38.0 Å². The summed E-state index contributed by atoms with van der Waals surface area (Å²) in [7, 11) is 0. The second-order valence-corrected chi connectivity index (χ2v) is 6.16. The molecule has 27 heavy (non-hydrogen) atoms. The van der Waals surface area contributed by atoms with Crippen molar-refractivity contribution in [2.45, 2.75) is 38.7 Å². The van der Waals surface area contributed by atoms with E-state index in [1.54, 1.807) is 0 Å². The summed E-state index contributed by atoms with van der Waals surface area (Å²) in [5.74, 6) is -0.191. The van der Waals surface area contributed by atoms with E-state index in [1.165, 1.54) is 0 Å². The van der Waals surface area contributed by atoms with E-state index in [-0.39, 0.29) is 18.7 Å². The molecule has 0 radical (unpaired) electrons. The molecule has 0 N–H and O–H groups in total. The Morgan fingerprint density at radius 2 is 1.30 bits per heavy atom. The van der Waals surface area contributed by atoms with Crippen molar-refractivity contribution in [1.82, 2.24) is 0 Å². The highest BCUT2D eigenvalue weighted by Crippen LogP contribution is 2.03. The summed E-state index contributed by atoms with van der Waals surface area (Å²) >= 11 is 0. The molecule has 0 spiro atoms. The molecule has 0 bridgehead atoms. The largest absolute Gasteiger partial charge is 0.463 e. The third-order valence-electron chi connectivity index (χ3n) is 3.79. The number of ether oxygens (including phenoxy) is 7. The number of esters is 1. The quantitative estimate of drug-likeness (QED) is 0.498. The third kappa shape index (κ3) is 15.9. The van der Waals surface area contributed by atoms with E-state index in [2.05, 4.69) is 6.92 Å². The summed E-state index contributed by atoms with van der Waals surface area (Å²) in [6.07, 6.45) is 3.09. The smallest absolute Gasteiger partial charge is 0.305 e. The van der Waals surface area contributed by atoms with Gasteiger partial charge in [0.15, 0.2) is 0 Å². The van der Waals surface area contributed by atoms with Crippen molar-refractivity contribution in [2.75, 3.05) is 79.3 Å². The zero-order valence-corrected chi connectivity index (χ0v) is 16.7. The van der Waals surface area contributed by atoms with Gasteiger partial charge < -0.3 is 33.2 Å². The summed E-state index contributed by atoms with van der Waals surface area (Å²) in [4.78, 5) is 11.8. The Hall–Kier alpha value is -0.770. The van der Waals surface area contributed by atoms with Crippen LogP contribution < -0.4 is 0 Å². The van der Waals surface area contributed by atoms with Crippen LogP contribution in [0.5, 0.6) is 0 Å². The van der Waals surface area contributed by atoms with E-state index in [1.807, 2.05) is 0 Å². The van der Waals surface area contributed by atoms with Gasteiger partial charge in [0.2, 0.25) is 0 Å². The molecule has 1 heterocycles. The van der Waals surface area contributed by atoms with Gasteiger partial charge in [-0.2, -0.15) is 0 Å². The van der Waals surface area contributed by atoms with Gasteiger partial charge in [0.25, 0.3) is 0 Å². The Kier molecular flexibility index (Phi) is 16.7. The highest BCUT2D eigenvalue weighted by Gasteiger charge is 2.13. The molecule has 0 aliphatic carbocycles. The van der Waals surface area contributed by atoms with Crippen molar-refractivity contribution in [3.05, 3.63) is 0 Å². The van der Waals surface area contributed by atoms with Gasteiger partial charge in [-0.1, -0.05) is 19.8 Å². The Morgan fingerprint density at radius 1 is 0.778 bits per heavy atom. The highest BCUT2D eigenvalue weighted by molar-refractivity contribution is 5.69. The topological polar surface area (TPSA) is 81.7 Å². The monoisotopic (exact) mass is 392 g/mol. The fraction of sp³-hybridized carbons (Fsp3) is 0.947. The molecular weight excluding hydrogens is 356 g/mol. The predicted molar refractivity (Wildman–Crippen MR) is 98.9 cm³/mol. The van der Waals surface area contributed by atoms with Gasteiger partial charge in [-0.05, 0) is 6.42 Å². The standard InChI is InChI=1S/C19H36O8/c1-2-3-4-5-19(20)27-17-18-16-25-13-12-23-9-8-21-6-7-22-10-11-24-14-15-26-18/h18H,2-17H2,1H3. The number of unbranched alkanes of at least 4 members (excludes halogenated alkanes) is 2. The first-order valence-corrected chi connectivity index (χ1v) is 9.99. The van der Waals surface area contributed by atoms with E-state index in [0.29, 0.717) is 79.1 Å². The molecule has 8 heteroatoms. The van der Waals surface area contributed by atoms with Crippen LogP contribution in [0, 0.1) is 0 Å². The maximum absolute atomic E-state index is 11.8. The number of hydrogen-bond acceptors (Lipinski definition) is 8. The number of carbonyl (C=O) groups is 1. The Bertz CT molecular complexity index is 322. The number of carbonyl (C=O) groups excluding carboxylic acids is 1. The van der Waals surface area contributed by atoms with Gasteiger partial charge in [-0.25, -0.2) is 0 Å². The van der Waals surface area contributed by atoms with Crippen LogP contribution in [0.1, 0.15) is 32.6 Å². The summed E-state index contributed by atoms with van der Waals surface area (Å²) in [5, 5.41) is 0. The second-order valence-electron chi connectivity index (χ2n) is 6.16. The molecule has 0 saturated carbocycles. The van der Waals surface area contributed by atoms with Gasteiger partial charge in [0, 0.05) is 6.42 Å². The molecular formula is C19H36O8. The lowest BCUT2D eigenvalue weighted by Gasteiger charge is -2.18. The Labute approximate surface area is 162 Å². The lowest BCUT2D eigenvalue weighted by atomic mass is 10.2. The molecule has 0 amide bonds. The number of rotatable bonds is 6. The SMILES string of the molecule is CCCCCC(=O)OCC1COCCOCCOCCOCCOCCO1. The van der Waals surface area contributed by atoms with Gasteiger partial charge in [-0.3, -0.25) is 4.79 Å². The summed E-state index contributed by atoms with van der Waals surface area (Å²) in [5.41, 5.74) is 0. The highest BCUT2D eigenvalue weighted by atomic mass is 16.6. The zero-order chi connectivity index (χ0) is 19.4. The molecule has 1 aliphatic rings. The first-order chi connectivity index (χ1) is 13.3. The van der Waals surface area contributed by atoms with E-state index in [9.17, 15) is 4.79 Å². The van der Waals surface area contributed by atoms with Crippen LogP contribution in [0.25, 0.3) is 0 Å². The van der Waals surface area contributed by atoms with Crippen LogP contribution in [0.3, 0.4) is 0 Å². The summed E-state index contributed by atoms with van der Waals surface area (Å²) in [6, 6.07) is 0. The minimum absolute atomic E-state index is 0.183. The normalized spacial score (nSPS) is 22.5. The average molecular weight is 392 g/mol. The minimum Gasteiger partial charge on any atom is -0.463 e. The van der Waals surface area contributed by atoms with E-state index < -0.39 is 0 Å². The molecule has 1 saturated heterocycles. The van der Waals surface area contributed by atoms with Crippen LogP contribution in [-0.4, -0.2) is 91.4 Å². The van der Waals surface area contributed by atoms with Crippen molar-refractivity contribution in [2.24, 2.45) is 0 Å². The molecule has 1 atom stereocenters. The van der Waals surface area contributed by atoms with Crippen LogP contribution in [0.15, 0.2) is 0 Å². The molecule has 1 unspecified atom stereocenters. The molecule has 0 aromatic heterocycles. The van der Waals surface area contributed by atoms with Crippen LogP contribution in [0.2, 0.25) is 0 Å². The lowest BCUT2D eigenvalue weighted by molar-refractivity contribution is -0.150. The molecule has 1 fully saturated rings. The lowest BCUT2D eigenvalue weighted by Crippen LogP contribution is -2.29. The van der Waals surface area contributed by atoms with Gasteiger partial charge in [-0.15, -0.1) is 0 Å². The predicted octanol–water partition coefficient (Wildman–Crippen LogP) is 1.59. The van der Waals surface area contributed by atoms with Crippen molar-refractivity contribution in [3.8, 4) is 0 Å². The third-order valence-corrected chi connectivity index (χ3v) is 3.79. The first kappa shape index (κ1) is 24.3. The van der Waals surface area contributed by atoms with Gasteiger partial charge in [0.05, 0.1) is 72.7 Å². The van der Waals surface area contributed by atoms with Crippen LogP contribution >= 0.6 is 0 Å². The maximum Gasteiger partial charge on any atom is 0.305 e. The van der Waals surface area contributed by atoms with Crippen molar-refractivity contribution in [3.63, 3.8) is 0 Å². The van der Waals surface area contributed by atoms with Crippen LogP contribution in [0.4, 0.5) is 0 Å². The molecule has 1 rings (SSSR count). The van der Waals surface area contributed by atoms with Crippen molar-refractivity contribution < 1.29 is 38.0 Å². The average Bonchev–Trinajstić information content (AvgIpc) is 2.67. The molecule has 0 aromatic carbocycles.